The highest BCUT2D eigenvalue weighted by molar-refractivity contribution is 5.94. The van der Waals surface area contributed by atoms with Crippen LogP contribution < -0.4 is 15.5 Å². The first-order chi connectivity index (χ1) is 15.0. The zero-order valence-electron chi connectivity index (χ0n) is 17.1. The van der Waals surface area contributed by atoms with Gasteiger partial charge in [0.05, 0.1) is 13.0 Å². The average Bonchev–Trinajstić information content (AvgIpc) is 2.78. The molecule has 0 saturated heterocycles. The Bertz CT molecular complexity index is 1040. The Hall–Kier alpha value is -3.93. The van der Waals surface area contributed by atoms with Crippen LogP contribution in [0.2, 0.25) is 0 Å². The molecule has 5 nitrogen and oxygen atoms in total. The Labute approximate surface area is 181 Å². The molecule has 0 atom stereocenters. The van der Waals surface area contributed by atoms with Crippen molar-refractivity contribution in [1.29, 1.82) is 0 Å². The maximum atomic E-state index is 13.3. The quantitative estimate of drug-likeness (QED) is 0.512. The maximum absolute atomic E-state index is 13.3. The van der Waals surface area contributed by atoms with E-state index in [1.165, 1.54) is 12.1 Å². The molecule has 6 heteroatoms. The van der Waals surface area contributed by atoms with Crippen LogP contribution in [-0.4, -0.2) is 18.5 Å². The number of benzene rings is 3. The Morgan fingerprint density at radius 1 is 0.935 bits per heavy atom. The van der Waals surface area contributed by atoms with Crippen LogP contribution in [0.4, 0.5) is 20.6 Å². The molecule has 0 spiro atoms. The van der Waals surface area contributed by atoms with E-state index < -0.39 is 0 Å². The Kier molecular flexibility index (Phi) is 7.54. The van der Waals surface area contributed by atoms with Crippen molar-refractivity contribution in [3.05, 3.63) is 108 Å². The fourth-order valence-electron chi connectivity index (χ4n) is 3.05. The molecule has 0 saturated carbocycles. The number of nitrogens with one attached hydrogen (secondary N) is 2. The standard InChI is InChI=1S/C25H24FN3O2/c1-2-15-27-25(31)29(18-19-11-13-21(26)14-12-19)23-10-6-7-20(16-23)17-24(30)28-22-8-4-3-5-9-22/h2-14,16H,1,15,17-18H2,(H,27,31)(H,28,30). The normalized spacial score (nSPS) is 10.2. The first kappa shape index (κ1) is 21.8. The van der Waals surface area contributed by atoms with Gasteiger partial charge in [-0.25, -0.2) is 9.18 Å². The lowest BCUT2D eigenvalue weighted by Crippen LogP contribution is -2.39. The summed E-state index contributed by atoms with van der Waals surface area (Å²) in [6, 6.07) is 22.2. The molecule has 0 aromatic heterocycles. The van der Waals surface area contributed by atoms with Gasteiger partial charge in [-0.1, -0.05) is 48.5 Å². The minimum atomic E-state index is -0.335. The van der Waals surface area contributed by atoms with E-state index >= 15 is 0 Å². The molecule has 2 N–H and O–H groups in total. The van der Waals surface area contributed by atoms with Gasteiger partial charge in [0.2, 0.25) is 5.91 Å². The highest BCUT2D eigenvalue weighted by atomic mass is 19.1. The molecule has 0 aliphatic heterocycles. The molecule has 0 heterocycles. The zero-order chi connectivity index (χ0) is 22.1. The summed E-state index contributed by atoms with van der Waals surface area (Å²) in [4.78, 5) is 26.7. The molecule has 3 aromatic carbocycles. The fraction of sp³-hybridized carbons (Fsp3) is 0.120. The molecule has 0 aliphatic carbocycles. The molecular formula is C25H24FN3O2. The highest BCUT2D eigenvalue weighted by Crippen LogP contribution is 2.20. The summed E-state index contributed by atoms with van der Waals surface area (Å²) in [6.45, 7) is 4.19. The topological polar surface area (TPSA) is 61.4 Å². The van der Waals surface area contributed by atoms with Crippen molar-refractivity contribution in [2.45, 2.75) is 13.0 Å². The molecule has 0 fully saturated rings. The van der Waals surface area contributed by atoms with E-state index in [4.69, 9.17) is 0 Å². The Morgan fingerprint density at radius 2 is 1.68 bits per heavy atom. The number of halogens is 1. The van der Waals surface area contributed by atoms with Crippen molar-refractivity contribution in [2.75, 3.05) is 16.8 Å². The van der Waals surface area contributed by atoms with Crippen molar-refractivity contribution < 1.29 is 14.0 Å². The molecule has 3 aromatic rings. The van der Waals surface area contributed by atoms with Gasteiger partial charge in [0, 0.05) is 17.9 Å². The van der Waals surface area contributed by atoms with Gasteiger partial charge in [-0.15, -0.1) is 6.58 Å². The lowest BCUT2D eigenvalue weighted by Gasteiger charge is -2.24. The van der Waals surface area contributed by atoms with E-state index in [-0.39, 0.29) is 30.7 Å². The van der Waals surface area contributed by atoms with E-state index in [9.17, 15) is 14.0 Å². The van der Waals surface area contributed by atoms with Crippen LogP contribution in [-0.2, 0) is 17.8 Å². The summed E-state index contributed by atoms with van der Waals surface area (Å²) in [7, 11) is 0. The van der Waals surface area contributed by atoms with Crippen molar-refractivity contribution in [1.82, 2.24) is 5.32 Å². The lowest BCUT2D eigenvalue weighted by molar-refractivity contribution is -0.115. The van der Waals surface area contributed by atoms with Crippen LogP contribution in [0.5, 0.6) is 0 Å². The second kappa shape index (κ2) is 10.7. The van der Waals surface area contributed by atoms with Crippen molar-refractivity contribution >= 4 is 23.3 Å². The number of para-hydroxylation sites is 1. The number of carbonyl (C=O) groups is 2. The number of hydrogen-bond donors (Lipinski definition) is 2. The summed E-state index contributed by atoms with van der Waals surface area (Å²) >= 11 is 0. The SMILES string of the molecule is C=CCNC(=O)N(Cc1ccc(F)cc1)c1cccc(CC(=O)Nc2ccccc2)c1. The number of nitrogens with zero attached hydrogens (tertiary/aromatic N) is 1. The maximum Gasteiger partial charge on any atom is 0.322 e. The third kappa shape index (κ3) is 6.54. The predicted molar refractivity (Wildman–Crippen MR) is 121 cm³/mol. The van der Waals surface area contributed by atoms with Crippen LogP contribution in [0.25, 0.3) is 0 Å². The van der Waals surface area contributed by atoms with Crippen molar-refractivity contribution in [3.63, 3.8) is 0 Å². The average molecular weight is 417 g/mol. The lowest BCUT2D eigenvalue weighted by atomic mass is 10.1. The summed E-state index contributed by atoms with van der Waals surface area (Å²) in [5, 5.41) is 5.63. The Morgan fingerprint density at radius 3 is 2.39 bits per heavy atom. The Balaban J connectivity index is 1.78. The smallest absolute Gasteiger partial charge is 0.322 e. The zero-order valence-corrected chi connectivity index (χ0v) is 17.1. The highest BCUT2D eigenvalue weighted by Gasteiger charge is 2.17. The van der Waals surface area contributed by atoms with Gasteiger partial charge in [-0.05, 0) is 47.5 Å². The van der Waals surface area contributed by atoms with Gasteiger partial charge in [-0.3, -0.25) is 9.69 Å². The predicted octanol–water partition coefficient (Wildman–Crippen LogP) is 4.91. The number of rotatable bonds is 8. The molecule has 158 valence electrons. The second-order valence-electron chi connectivity index (χ2n) is 6.95. The van der Waals surface area contributed by atoms with Crippen LogP contribution in [0.3, 0.4) is 0 Å². The van der Waals surface area contributed by atoms with E-state index in [2.05, 4.69) is 17.2 Å². The third-order valence-corrected chi connectivity index (χ3v) is 4.54. The number of hydrogen-bond acceptors (Lipinski definition) is 2. The summed E-state index contributed by atoms with van der Waals surface area (Å²) < 4.78 is 13.3. The van der Waals surface area contributed by atoms with Crippen molar-refractivity contribution in [2.24, 2.45) is 0 Å². The van der Waals surface area contributed by atoms with Gasteiger partial charge >= 0.3 is 6.03 Å². The molecule has 31 heavy (non-hydrogen) atoms. The number of urea groups is 1. The summed E-state index contributed by atoms with van der Waals surface area (Å²) in [6.07, 6.45) is 1.76. The first-order valence-corrected chi connectivity index (χ1v) is 9.89. The van der Waals surface area contributed by atoms with E-state index in [0.717, 1.165) is 16.8 Å². The largest absolute Gasteiger partial charge is 0.334 e. The van der Waals surface area contributed by atoms with Crippen molar-refractivity contribution in [3.8, 4) is 0 Å². The molecular weight excluding hydrogens is 393 g/mol. The van der Waals surface area contributed by atoms with E-state index in [1.54, 1.807) is 35.2 Å². The second-order valence-corrected chi connectivity index (χ2v) is 6.95. The van der Waals surface area contributed by atoms with E-state index in [0.29, 0.717) is 12.2 Å². The molecule has 3 amide bonds. The molecule has 3 rings (SSSR count). The number of anilines is 2. The van der Waals surface area contributed by atoms with Gasteiger partial charge in [-0.2, -0.15) is 0 Å². The summed E-state index contributed by atoms with van der Waals surface area (Å²) in [5.74, 6) is -0.484. The molecule has 0 radical (unpaired) electrons. The minimum absolute atomic E-state index is 0.149. The molecule has 0 bridgehead atoms. The van der Waals surface area contributed by atoms with Crippen LogP contribution in [0.1, 0.15) is 11.1 Å². The molecule has 0 aliphatic rings. The van der Waals surface area contributed by atoms with Gasteiger partial charge < -0.3 is 10.6 Å². The van der Waals surface area contributed by atoms with Gasteiger partial charge in [0.1, 0.15) is 5.82 Å². The first-order valence-electron chi connectivity index (χ1n) is 9.89. The van der Waals surface area contributed by atoms with E-state index in [1.807, 2.05) is 42.5 Å². The summed E-state index contributed by atoms with van der Waals surface area (Å²) in [5.41, 5.74) is 2.91. The van der Waals surface area contributed by atoms with Gasteiger partial charge in [0.15, 0.2) is 0 Å². The van der Waals surface area contributed by atoms with Crippen LogP contribution in [0, 0.1) is 5.82 Å². The van der Waals surface area contributed by atoms with Gasteiger partial charge in [0.25, 0.3) is 0 Å². The number of carbonyl (C=O) groups excluding carboxylic acids is 2. The fourth-order valence-corrected chi connectivity index (χ4v) is 3.05. The monoisotopic (exact) mass is 417 g/mol. The third-order valence-electron chi connectivity index (χ3n) is 4.54. The molecule has 0 unspecified atom stereocenters. The van der Waals surface area contributed by atoms with Crippen LogP contribution >= 0.6 is 0 Å². The number of amides is 3. The van der Waals surface area contributed by atoms with Crippen LogP contribution in [0.15, 0.2) is 91.5 Å². The minimum Gasteiger partial charge on any atom is -0.334 e.